The van der Waals surface area contributed by atoms with E-state index in [1.807, 2.05) is 37.3 Å². The fraction of sp³-hybridized carbons (Fsp3) is 0.471. The average molecular weight is 593 g/mol. The Morgan fingerprint density at radius 3 is 2.19 bits per heavy atom. The zero-order chi connectivity index (χ0) is 31.3. The summed E-state index contributed by atoms with van der Waals surface area (Å²) in [6.45, 7) is 8.09. The summed E-state index contributed by atoms with van der Waals surface area (Å²) in [5, 5.41) is 0. The minimum Gasteiger partial charge on any atom is -0.496 e. The Morgan fingerprint density at radius 1 is 0.953 bits per heavy atom. The zero-order valence-corrected chi connectivity index (χ0v) is 26.3. The Balaban J connectivity index is 1.60. The van der Waals surface area contributed by atoms with Gasteiger partial charge in [0, 0.05) is 11.5 Å². The third kappa shape index (κ3) is 4.26. The van der Waals surface area contributed by atoms with E-state index in [-0.39, 0.29) is 24.1 Å². The van der Waals surface area contributed by atoms with Crippen molar-refractivity contribution in [3.63, 3.8) is 0 Å². The Bertz CT molecular complexity index is 1500. The summed E-state index contributed by atoms with van der Waals surface area (Å²) in [6, 6.07) is 9.59. The van der Waals surface area contributed by atoms with E-state index in [4.69, 9.17) is 33.2 Å². The Hall–Kier alpha value is -4.14. The Morgan fingerprint density at radius 2 is 1.63 bits per heavy atom. The number of methoxy groups -OCH3 is 5. The quantitative estimate of drug-likeness (QED) is 0.341. The van der Waals surface area contributed by atoms with Gasteiger partial charge < -0.3 is 33.2 Å². The van der Waals surface area contributed by atoms with E-state index in [0.717, 1.165) is 11.1 Å². The van der Waals surface area contributed by atoms with E-state index >= 15 is 0 Å². The van der Waals surface area contributed by atoms with Crippen molar-refractivity contribution in [2.24, 2.45) is 11.3 Å². The maximum Gasteiger partial charge on any atom is 0.344 e. The number of carbonyl (C=O) groups excluding carboxylic acids is 2. The maximum absolute atomic E-state index is 13.5. The molecule has 2 aromatic carbocycles. The summed E-state index contributed by atoms with van der Waals surface area (Å²) in [4.78, 5) is 26.8. The molecule has 9 nitrogen and oxygen atoms in total. The van der Waals surface area contributed by atoms with Crippen LogP contribution in [0.3, 0.4) is 0 Å². The molecule has 0 aliphatic heterocycles. The second-order valence-corrected chi connectivity index (χ2v) is 11.8. The maximum atomic E-state index is 13.5. The molecule has 0 radical (unpaired) electrons. The number of benzene rings is 2. The number of allylic oxidation sites excluding steroid dienone is 2. The molecule has 4 atom stereocenters. The van der Waals surface area contributed by atoms with E-state index in [1.165, 1.54) is 25.9 Å². The third-order valence-corrected chi connectivity index (χ3v) is 9.53. The van der Waals surface area contributed by atoms with E-state index < -0.39 is 22.9 Å². The zero-order valence-electron chi connectivity index (χ0n) is 26.3. The monoisotopic (exact) mass is 592 g/mol. The van der Waals surface area contributed by atoms with Gasteiger partial charge in [-0.05, 0) is 58.7 Å². The van der Waals surface area contributed by atoms with Crippen LogP contribution in [0.2, 0.25) is 0 Å². The number of rotatable bonds is 10. The second-order valence-electron chi connectivity index (χ2n) is 11.8. The summed E-state index contributed by atoms with van der Waals surface area (Å²) in [7, 11) is 7.66. The number of carbonyl (C=O) groups is 2. The lowest BCUT2D eigenvalue weighted by molar-refractivity contribution is -0.152. The van der Waals surface area contributed by atoms with Gasteiger partial charge in [0.1, 0.15) is 11.9 Å². The first kappa shape index (κ1) is 30.3. The van der Waals surface area contributed by atoms with Crippen molar-refractivity contribution in [2.45, 2.75) is 51.6 Å². The predicted octanol–water partition coefficient (Wildman–Crippen LogP) is 5.29. The molecule has 2 aromatic rings. The highest BCUT2D eigenvalue weighted by molar-refractivity contribution is 6.06. The van der Waals surface area contributed by atoms with Crippen molar-refractivity contribution < 1.29 is 42.7 Å². The van der Waals surface area contributed by atoms with Gasteiger partial charge in [-0.3, -0.25) is 4.79 Å². The molecule has 1 fully saturated rings. The molecule has 1 spiro atoms. The molecule has 1 saturated carbocycles. The van der Waals surface area contributed by atoms with Crippen LogP contribution >= 0.6 is 0 Å². The first-order valence-electron chi connectivity index (χ1n) is 14.4. The first-order chi connectivity index (χ1) is 20.5. The van der Waals surface area contributed by atoms with Gasteiger partial charge in [0.15, 0.2) is 23.9 Å². The molecular formula is C34H40O9. The number of ketones is 1. The van der Waals surface area contributed by atoms with E-state index in [2.05, 4.69) is 20.8 Å². The summed E-state index contributed by atoms with van der Waals surface area (Å²) < 4.78 is 41.1. The van der Waals surface area contributed by atoms with Crippen LogP contribution in [0.15, 0.2) is 53.5 Å². The van der Waals surface area contributed by atoms with Gasteiger partial charge in [0.05, 0.1) is 41.0 Å². The molecule has 0 heterocycles. The van der Waals surface area contributed by atoms with Crippen molar-refractivity contribution >= 4 is 11.8 Å². The summed E-state index contributed by atoms with van der Waals surface area (Å²) in [6.07, 6.45) is 1.34. The minimum absolute atomic E-state index is 0.0921. The summed E-state index contributed by atoms with van der Waals surface area (Å²) >= 11 is 0. The molecule has 0 amide bonds. The summed E-state index contributed by atoms with van der Waals surface area (Å²) in [5.41, 5.74) is 1.82. The predicted molar refractivity (Wildman–Crippen MR) is 159 cm³/mol. The van der Waals surface area contributed by atoms with Crippen LogP contribution in [0.25, 0.3) is 0 Å². The molecule has 230 valence electrons. The number of fused-ring (bicyclic) bond motifs is 1. The van der Waals surface area contributed by atoms with E-state index in [1.54, 1.807) is 21.3 Å². The van der Waals surface area contributed by atoms with Crippen molar-refractivity contribution in [2.75, 3.05) is 42.2 Å². The van der Waals surface area contributed by atoms with Gasteiger partial charge in [-0.15, -0.1) is 0 Å². The normalized spacial score (nSPS) is 25.4. The van der Waals surface area contributed by atoms with Crippen LogP contribution in [0.1, 0.15) is 50.3 Å². The molecular weight excluding hydrogens is 552 g/mol. The smallest absolute Gasteiger partial charge is 0.344 e. The van der Waals surface area contributed by atoms with Gasteiger partial charge in [0.2, 0.25) is 17.3 Å². The SMILES string of the molecule is COC1=C(OC)[C@]23C(=CC1=O)[C@H](OC(=O)COc1ccc(C(C)C)cc1)[C@H](C)[C@@]2(C)Cc1cc(OC)c(OC)c(OC)c13. The van der Waals surface area contributed by atoms with Crippen LogP contribution < -0.4 is 18.9 Å². The molecule has 9 heteroatoms. The lowest BCUT2D eigenvalue weighted by atomic mass is 9.60. The lowest BCUT2D eigenvalue weighted by Gasteiger charge is -2.43. The van der Waals surface area contributed by atoms with Gasteiger partial charge in [0.25, 0.3) is 0 Å². The number of esters is 1. The number of ether oxygens (including phenoxy) is 7. The second kappa shape index (κ2) is 11.2. The van der Waals surface area contributed by atoms with Crippen molar-refractivity contribution in [3.8, 4) is 23.0 Å². The minimum atomic E-state index is -1.06. The molecule has 3 aliphatic rings. The van der Waals surface area contributed by atoms with Gasteiger partial charge in [-0.1, -0.05) is 39.8 Å². The van der Waals surface area contributed by atoms with Crippen LogP contribution in [0.4, 0.5) is 0 Å². The highest BCUT2D eigenvalue weighted by Gasteiger charge is 2.73. The Kier molecular flexibility index (Phi) is 7.88. The molecule has 3 aliphatic carbocycles. The fourth-order valence-electron chi connectivity index (χ4n) is 7.42. The molecule has 0 aromatic heterocycles. The lowest BCUT2D eigenvalue weighted by Crippen LogP contribution is -2.45. The number of hydrogen-bond acceptors (Lipinski definition) is 9. The fourth-order valence-corrected chi connectivity index (χ4v) is 7.42. The highest BCUT2D eigenvalue weighted by atomic mass is 16.6. The van der Waals surface area contributed by atoms with Crippen molar-refractivity contribution in [1.82, 2.24) is 0 Å². The van der Waals surface area contributed by atoms with E-state index in [9.17, 15) is 9.59 Å². The topological polar surface area (TPSA) is 98.8 Å². The van der Waals surface area contributed by atoms with Crippen LogP contribution in [0.5, 0.6) is 23.0 Å². The molecule has 0 bridgehead atoms. The van der Waals surface area contributed by atoms with Crippen LogP contribution in [-0.2, 0) is 35.6 Å². The standard InChI is InChI=1S/C34H40O9/c1-18(2)20-10-12-22(13-11-20)42-17-26(36)43-28-19(3)33(4)16-21-14-25(37-5)30(39-7)31(40-8)27(21)34(33)23(28)15-24(35)29(38-6)32(34)41-9/h10-15,18-19,28H,16-17H2,1-9H3/t19-,28+,33+,34+/m0/s1. The van der Waals surface area contributed by atoms with Gasteiger partial charge >= 0.3 is 5.97 Å². The first-order valence-corrected chi connectivity index (χ1v) is 14.4. The van der Waals surface area contributed by atoms with Crippen LogP contribution in [-0.4, -0.2) is 60.0 Å². The third-order valence-electron chi connectivity index (χ3n) is 9.53. The van der Waals surface area contributed by atoms with Crippen LogP contribution in [0, 0.1) is 11.3 Å². The molecule has 0 saturated heterocycles. The number of hydrogen-bond donors (Lipinski definition) is 0. The molecule has 5 rings (SSSR count). The van der Waals surface area contributed by atoms with E-state index in [0.29, 0.717) is 46.7 Å². The average Bonchev–Trinajstić information content (AvgIpc) is 3.35. The van der Waals surface area contributed by atoms with Gasteiger partial charge in [-0.25, -0.2) is 4.79 Å². The summed E-state index contributed by atoms with van der Waals surface area (Å²) in [5.74, 6) is 1.63. The van der Waals surface area contributed by atoms with Crippen molar-refractivity contribution in [3.05, 3.63) is 70.2 Å². The largest absolute Gasteiger partial charge is 0.496 e. The highest BCUT2D eigenvalue weighted by Crippen LogP contribution is 2.73. The Labute approximate surface area is 252 Å². The van der Waals surface area contributed by atoms with Gasteiger partial charge in [-0.2, -0.15) is 0 Å². The molecule has 43 heavy (non-hydrogen) atoms. The van der Waals surface area contributed by atoms with Crippen molar-refractivity contribution in [1.29, 1.82) is 0 Å². The molecule has 0 N–H and O–H groups in total. The molecule has 0 unspecified atom stereocenters.